The fourth-order valence-corrected chi connectivity index (χ4v) is 4.12. The van der Waals surface area contributed by atoms with Crippen LogP contribution in [0, 0.1) is 0 Å². The van der Waals surface area contributed by atoms with Crippen LogP contribution in [-0.4, -0.2) is 15.0 Å². The fraction of sp³-hybridized carbons (Fsp3) is 0.200. The van der Waals surface area contributed by atoms with Crippen LogP contribution in [0.1, 0.15) is 11.1 Å². The van der Waals surface area contributed by atoms with Crippen molar-refractivity contribution in [3.63, 3.8) is 0 Å². The zero-order valence-electron chi connectivity index (χ0n) is 11.0. The van der Waals surface area contributed by atoms with Gasteiger partial charge in [0.1, 0.15) is 0 Å². The van der Waals surface area contributed by atoms with Gasteiger partial charge in [-0.05, 0) is 35.7 Å². The normalized spacial score (nSPS) is 14.3. The predicted molar refractivity (Wildman–Crippen MR) is 81.0 cm³/mol. The molecular formula is C15H16N2O2S. The Morgan fingerprint density at radius 2 is 1.75 bits per heavy atom. The summed E-state index contributed by atoms with van der Waals surface area (Å²) in [5.74, 6) is 0.00160. The van der Waals surface area contributed by atoms with Crippen LogP contribution in [0.15, 0.2) is 48.5 Å². The first-order valence-corrected chi connectivity index (χ1v) is 8.10. The van der Waals surface area contributed by atoms with Gasteiger partial charge in [0.15, 0.2) is 0 Å². The molecule has 0 aromatic heterocycles. The Balaban J connectivity index is 1.88. The highest BCUT2D eigenvalue weighted by molar-refractivity contribution is 7.92. The fourth-order valence-electron chi connectivity index (χ4n) is 2.50. The van der Waals surface area contributed by atoms with Crippen LogP contribution in [0.3, 0.4) is 0 Å². The van der Waals surface area contributed by atoms with Crippen LogP contribution in [0.2, 0.25) is 0 Å². The molecule has 1 aliphatic heterocycles. The van der Waals surface area contributed by atoms with Crippen molar-refractivity contribution in [1.82, 2.24) is 0 Å². The zero-order chi connectivity index (χ0) is 14.2. The maximum absolute atomic E-state index is 12.5. The summed E-state index contributed by atoms with van der Waals surface area (Å²) in [7, 11) is -3.35. The Morgan fingerprint density at radius 3 is 2.50 bits per heavy atom. The molecule has 0 bridgehead atoms. The number of hydrogen-bond acceptors (Lipinski definition) is 3. The van der Waals surface area contributed by atoms with Crippen LogP contribution in [0.5, 0.6) is 0 Å². The minimum Gasteiger partial charge on any atom is -0.399 e. The minimum atomic E-state index is -3.35. The highest BCUT2D eigenvalue weighted by Crippen LogP contribution is 2.31. The van der Waals surface area contributed by atoms with Crippen LogP contribution in [-0.2, 0) is 22.2 Å². The summed E-state index contributed by atoms with van der Waals surface area (Å²) in [6.45, 7) is 0.524. The van der Waals surface area contributed by atoms with Gasteiger partial charge >= 0.3 is 0 Å². The van der Waals surface area contributed by atoms with Crippen molar-refractivity contribution in [3.8, 4) is 0 Å². The van der Waals surface area contributed by atoms with E-state index < -0.39 is 10.0 Å². The Kier molecular flexibility index (Phi) is 3.14. The van der Waals surface area contributed by atoms with Gasteiger partial charge in [-0.3, -0.25) is 4.31 Å². The summed E-state index contributed by atoms with van der Waals surface area (Å²) in [5.41, 5.74) is 8.91. The van der Waals surface area contributed by atoms with Gasteiger partial charge in [0.25, 0.3) is 0 Å². The van der Waals surface area contributed by atoms with Crippen molar-refractivity contribution in [2.24, 2.45) is 0 Å². The van der Waals surface area contributed by atoms with E-state index in [9.17, 15) is 8.42 Å². The SMILES string of the molecule is Nc1ccc(CS(=O)(=O)N2CCc3ccccc32)cc1. The van der Waals surface area contributed by atoms with E-state index in [0.29, 0.717) is 12.2 Å². The molecule has 2 aromatic carbocycles. The van der Waals surface area contributed by atoms with Crippen molar-refractivity contribution in [2.75, 3.05) is 16.6 Å². The number of benzene rings is 2. The first kappa shape index (κ1) is 13.0. The molecule has 0 spiro atoms. The number of nitrogens with two attached hydrogens (primary N) is 1. The lowest BCUT2D eigenvalue weighted by Crippen LogP contribution is -2.30. The molecule has 1 heterocycles. The third-order valence-corrected chi connectivity index (χ3v) is 5.26. The van der Waals surface area contributed by atoms with Crippen molar-refractivity contribution in [3.05, 3.63) is 59.7 Å². The number of nitrogens with zero attached hydrogens (tertiary/aromatic N) is 1. The average Bonchev–Trinajstić information content (AvgIpc) is 2.86. The van der Waals surface area contributed by atoms with Crippen LogP contribution < -0.4 is 10.0 Å². The largest absolute Gasteiger partial charge is 0.399 e. The number of sulfonamides is 1. The third kappa shape index (κ3) is 2.36. The molecule has 5 heteroatoms. The van der Waals surface area contributed by atoms with Crippen LogP contribution in [0.25, 0.3) is 0 Å². The average molecular weight is 288 g/mol. The molecule has 0 saturated heterocycles. The molecule has 20 heavy (non-hydrogen) atoms. The van der Waals surface area contributed by atoms with E-state index in [1.165, 1.54) is 4.31 Å². The van der Waals surface area contributed by atoms with Gasteiger partial charge in [0.2, 0.25) is 10.0 Å². The minimum absolute atomic E-state index is 0.00160. The summed E-state index contributed by atoms with van der Waals surface area (Å²) in [4.78, 5) is 0. The summed E-state index contributed by atoms with van der Waals surface area (Å²) in [6, 6.07) is 14.6. The van der Waals surface area contributed by atoms with Gasteiger partial charge in [-0.15, -0.1) is 0 Å². The molecule has 3 rings (SSSR count). The quantitative estimate of drug-likeness (QED) is 0.880. The molecule has 0 aliphatic carbocycles. The molecule has 0 amide bonds. The highest BCUT2D eigenvalue weighted by atomic mass is 32.2. The summed E-state index contributed by atoms with van der Waals surface area (Å²) in [6.07, 6.45) is 0.775. The second-order valence-electron chi connectivity index (χ2n) is 4.95. The standard InChI is InChI=1S/C15H16N2O2S/c16-14-7-5-12(6-8-14)11-20(18,19)17-10-9-13-3-1-2-4-15(13)17/h1-8H,9-11,16H2. The number of fused-ring (bicyclic) bond motifs is 1. The number of rotatable bonds is 3. The topological polar surface area (TPSA) is 63.4 Å². The monoisotopic (exact) mass is 288 g/mol. The molecule has 0 radical (unpaired) electrons. The molecule has 0 fully saturated rings. The molecule has 0 unspecified atom stereocenters. The predicted octanol–water partition coefficient (Wildman–Crippen LogP) is 2.16. The Morgan fingerprint density at radius 1 is 1.05 bits per heavy atom. The van der Waals surface area contributed by atoms with Crippen molar-refractivity contribution >= 4 is 21.4 Å². The summed E-state index contributed by atoms with van der Waals surface area (Å²) in [5, 5.41) is 0. The maximum atomic E-state index is 12.5. The van der Waals surface area contributed by atoms with Crippen LogP contribution >= 0.6 is 0 Å². The zero-order valence-corrected chi connectivity index (χ0v) is 11.8. The van der Waals surface area contributed by atoms with Gasteiger partial charge in [-0.25, -0.2) is 8.42 Å². The first-order chi connectivity index (χ1) is 9.56. The molecule has 4 nitrogen and oxygen atoms in total. The van der Waals surface area contributed by atoms with Crippen molar-refractivity contribution < 1.29 is 8.42 Å². The Labute approximate surface area is 118 Å². The summed E-state index contributed by atoms with van der Waals surface area (Å²) >= 11 is 0. The van der Waals surface area contributed by atoms with E-state index in [0.717, 1.165) is 23.2 Å². The molecule has 2 aromatic rings. The molecule has 0 atom stereocenters. The van der Waals surface area contributed by atoms with Gasteiger partial charge < -0.3 is 5.73 Å². The molecule has 2 N–H and O–H groups in total. The molecule has 0 saturated carbocycles. The Hall–Kier alpha value is -2.01. The lowest BCUT2D eigenvalue weighted by Gasteiger charge is -2.19. The van der Waals surface area contributed by atoms with E-state index in [4.69, 9.17) is 5.73 Å². The number of para-hydroxylation sites is 1. The van der Waals surface area contributed by atoms with E-state index in [1.807, 2.05) is 24.3 Å². The van der Waals surface area contributed by atoms with Crippen molar-refractivity contribution in [2.45, 2.75) is 12.2 Å². The van der Waals surface area contributed by atoms with Crippen LogP contribution in [0.4, 0.5) is 11.4 Å². The highest BCUT2D eigenvalue weighted by Gasteiger charge is 2.28. The smallest absolute Gasteiger partial charge is 0.239 e. The number of anilines is 2. The van der Waals surface area contributed by atoms with E-state index >= 15 is 0 Å². The van der Waals surface area contributed by atoms with Crippen molar-refractivity contribution in [1.29, 1.82) is 0 Å². The Bertz CT molecular complexity index is 724. The lowest BCUT2D eigenvalue weighted by atomic mass is 10.2. The summed E-state index contributed by atoms with van der Waals surface area (Å²) < 4.78 is 26.6. The maximum Gasteiger partial charge on any atom is 0.239 e. The second-order valence-corrected chi connectivity index (χ2v) is 6.84. The lowest BCUT2D eigenvalue weighted by molar-refractivity contribution is 0.591. The van der Waals surface area contributed by atoms with Gasteiger partial charge in [-0.1, -0.05) is 30.3 Å². The van der Waals surface area contributed by atoms with E-state index in [2.05, 4.69) is 0 Å². The molecule has 1 aliphatic rings. The molecular weight excluding hydrogens is 272 g/mol. The van der Waals surface area contributed by atoms with E-state index in [1.54, 1.807) is 24.3 Å². The second kappa shape index (κ2) is 4.83. The third-order valence-electron chi connectivity index (χ3n) is 3.51. The number of nitrogen functional groups attached to an aromatic ring is 1. The first-order valence-electron chi connectivity index (χ1n) is 6.49. The van der Waals surface area contributed by atoms with Gasteiger partial charge in [0.05, 0.1) is 11.4 Å². The molecule has 104 valence electrons. The van der Waals surface area contributed by atoms with E-state index in [-0.39, 0.29) is 5.75 Å². The van der Waals surface area contributed by atoms with Gasteiger partial charge in [-0.2, -0.15) is 0 Å². The number of hydrogen-bond donors (Lipinski definition) is 1. The van der Waals surface area contributed by atoms with Gasteiger partial charge in [0, 0.05) is 12.2 Å².